The summed E-state index contributed by atoms with van der Waals surface area (Å²) in [5.74, 6) is -0.528. The van der Waals surface area contributed by atoms with E-state index in [0.717, 1.165) is 41.9 Å². The first-order valence-electron chi connectivity index (χ1n) is 9.38. The second kappa shape index (κ2) is 8.19. The lowest BCUT2D eigenvalue weighted by atomic mass is 10.0. The van der Waals surface area contributed by atoms with E-state index < -0.39 is 5.91 Å². The molecular formula is C22H22ClN3O2. The van der Waals surface area contributed by atoms with Crippen LogP contribution in [0.1, 0.15) is 34.7 Å². The van der Waals surface area contributed by atoms with Crippen molar-refractivity contribution in [3.05, 3.63) is 75.9 Å². The number of carbonyl (C=O) groups excluding carboxylic acids is 1. The number of halogens is 1. The highest BCUT2D eigenvalue weighted by Gasteiger charge is 2.21. The number of hydrogen-bond donors (Lipinski definition) is 4. The number of amides is 1. The SMILES string of the molecule is O=C(/C=C/c1ccc2c(c1)CCC2NCCc1c[nH]c2cc(Cl)ccc12)NO. The number of hydroxylamine groups is 1. The van der Waals surface area contributed by atoms with Crippen molar-refractivity contribution in [2.75, 3.05) is 6.54 Å². The van der Waals surface area contributed by atoms with Crippen molar-refractivity contribution in [3.8, 4) is 0 Å². The van der Waals surface area contributed by atoms with Gasteiger partial charge in [-0.15, -0.1) is 0 Å². The van der Waals surface area contributed by atoms with E-state index in [0.29, 0.717) is 6.04 Å². The normalized spacial score (nSPS) is 16.0. The quantitative estimate of drug-likeness (QED) is 0.287. The number of aromatic amines is 1. The Morgan fingerprint density at radius 1 is 1.29 bits per heavy atom. The second-order valence-corrected chi connectivity index (χ2v) is 7.50. The summed E-state index contributed by atoms with van der Waals surface area (Å²) in [4.78, 5) is 14.4. The van der Waals surface area contributed by atoms with Gasteiger partial charge in [0.1, 0.15) is 0 Å². The van der Waals surface area contributed by atoms with Crippen LogP contribution in [0.5, 0.6) is 0 Å². The van der Waals surface area contributed by atoms with Gasteiger partial charge in [0.2, 0.25) is 0 Å². The van der Waals surface area contributed by atoms with Gasteiger partial charge in [0, 0.05) is 34.2 Å². The number of benzene rings is 2. The highest BCUT2D eigenvalue weighted by atomic mass is 35.5. The minimum absolute atomic E-state index is 0.355. The van der Waals surface area contributed by atoms with Crippen LogP contribution < -0.4 is 10.8 Å². The molecule has 6 heteroatoms. The van der Waals surface area contributed by atoms with Crippen LogP contribution in [0, 0.1) is 0 Å². The summed E-state index contributed by atoms with van der Waals surface area (Å²) in [7, 11) is 0. The molecule has 1 aliphatic rings. The van der Waals surface area contributed by atoms with Crippen LogP contribution in [0.15, 0.2) is 48.7 Å². The average Bonchev–Trinajstić information content (AvgIpc) is 3.29. The molecule has 0 radical (unpaired) electrons. The van der Waals surface area contributed by atoms with E-state index in [-0.39, 0.29) is 0 Å². The number of rotatable bonds is 6. The Bertz CT molecular complexity index is 1040. The third kappa shape index (κ3) is 3.97. The first kappa shape index (κ1) is 18.7. The minimum atomic E-state index is -0.528. The van der Waals surface area contributed by atoms with Gasteiger partial charge in [0.15, 0.2) is 0 Å². The average molecular weight is 396 g/mol. The molecule has 1 aromatic heterocycles. The van der Waals surface area contributed by atoms with E-state index in [1.807, 2.05) is 18.2 Å². The molecule has 4 N–H and O–H groups in total. The van der Waals surface area contributed by atoms with Crippen LogP contribution in [0.2, 0.25) is 5.02 Å². The lowest BCUT2D eigenvalue weighted by Gasteiger charge is -2.14. The molecule has 0 aliphatic heterocycles. The van der Waals surface area contributed by atoms with E-state index >= 15 is 0 Å². The van der Waals surface area contributed by atoms with Crippen molar-refractivity contribution >= 4 is 34.5 Å². The molecule has 1 atom stereocenters. The smallest absolute Gasteiger partial charge is 0.267 e. The maximum absolute atomic E-state index is 11.1. The van der Waals surface area contributed by atoms with Gasteiger partial charge >= 0.3 is 0 Å². The van der Waals surface area contributed by atoms with Crippen LogP contribution in [0.25, 0.3) is 17.0 Å². The molecule has 0 spiro atoms. The number of hydrogen-bond acceptors (Lipinski definition) is 3. The maximum Gasteiger partial charge on any atom is 0.267 e. The molecule has 144 valence electrons. The van der Waals surface area contributed by atoms with Gasteiger partial charge in [0.05, 0.1) is 0 Å². The van der Waals surface area contributed by atoms with Crippen molar-refractivity contribution in [1.82, 2.24) is 15.8 Å². The molecule has 28 heavy (non-hydrogen) atoms. The Hall–Kier alpha value is -2.60. The fourth-order valence-corrected chi connectivity index (χ4v) is 4.08. The molecule has 1 heterocycles. The predicted molar refractivity (Wildman–Crippen MR) is 111 cm³/mol. The molecule has 1 aliphatic carbocycles. The minimum Gasteiger partial charge on any atom is -0.361 e. The summed E-state index contributed by atoms with van der Waals surface area (Å²) in [6.45, 7) is 0.901. The molecule has 0 bridgehead atoms. The second-order valence-electron chi connectivity index (χ2n) is 7.07. The van der Waals surface area contributed by atoms with E-state index in [1.165, 1.54) is 28.2 Å². The maximum atomic E-state index is 11.1. The first-order chi connectivity index (χ1) is 13.6. The van der Waals surface area contributed by atoms with Crippen LogP contribution in [-0.2, 0) is 17.6 Å². The van der Waals surface area contributed by atoms with Crippen molar-refractivity contribution in [2.45, 2.75) is 25.3 Å². The number of fused-ring (bicyclic) bond motifs is 2. The number of carbonyl (C=O) groups is 1. The predicted octanol–water partition coefficient (Wildman–Crippen LogP) is 4.16. The standard InChI is InChI=1S/C22H22ClN3O2/c23-17-4-6-19-16(13-25-21(19)12-17)9-10-24-20-7-3-15-11-14(1-5-18(15)20)2-8-22(27)26-28/h1-2,4-6,8,11-13,20,24-25,28H,3,7,9-10H2,(H,26,27)/b8-2+. The van der Waals surface area contributed by atoms with Gasteiger partial charge in [-0.3, -0.25) is 10.0 Å². The van der Waals surface area contributed by atoms with E-state index in [4.69, 9.17) is 16.8 Å². The van der Waals surface area contributed by atoms with Crippen molar-refractivity contribution in [2.24, 2.45) is 0 Å². The number of aryl methyl sites for hydroxylation is 1. The largest absolute Gasteiger partial charge is 0.361 e. The van der Waals surface area contributed by atoms with Gasteiger partial charge in [-0.1, -0.05) is 35.9 Å². The molecule has 1 unspecified atom stereocenters. The highest BCUT2D eigenvalue weighted by Crippen LogP contribution is 2.32. The Balaban J connectivity index is 1.38. The van der Waals surface area contributed by atoms with Crippen LogP contribution in [0.4, 0.5) is 0 Å². The number of H-pyrrole nitrogens is 1. The van der Waals surface area contributed by atoms with Gasteiger partial charge < -0.3 is 10.3 Å². The van der Waals surface area contributed by atoms with Crippen LogP contribution in [-0.4, -0.2) is 22.6 Å². The van der Waals surface area contributed by atoms with Gasteiger partial charge in [-0.25, -0.2) is 5.48 Å². The molecular weight excluding hydrogens is 374 g/mol. The van der Waals surface area contributed by atoms with Crippen LogP contribution in [0.3, 0.4) is 0 Å². The van der Waals surface area contributed by atoms with E-state index in [9.17, 15) is 4.79 Å². The molecule has 0 saturated heterocycles. The zero-order valence-electron chi connectivity index (χ0n) is 15.3. The summed E-state index contributed by atoms with van der Waals surface area (Å²) in [6.07, 6.45) is 8.13. The molecule has 5 nitrogen and oxygen atoms in total. The molecule has 1 amide bonds. The van der Waals surface area contributed by atoms with Gasteiger partial charge in [-0.2, -0.15) is 0 Å². The summed E-state index contributed by atoms with van der Waals surface area (Å²) in [6, 6.07) is 12.6. The third-order valence-corrected chi connectivity index (χ3v) is 5.53. The molecule has 0 fully saturated rings. The topological polar surface area (TPSA) is 77.2 Å². The fourth-order valence-electron chi connectivity index (χ4n) is 3.91. The van der Waals surface area contributed by atoms with Crippen molar-refractivity contribution < 1.29 is 10.0 Å². The summed E-state index contributed by atoms with van der Waals surface area (Å²) < 4.78 is 0. The van der Waals surface area contributed by atoms with Crippen LogP contribution >= 0.6 is 11.6 Å². The summed E-state index contributed by atoms with van der Waals surface area (Å²) >= 11 is 6.05. The first-order valence-corrected chi connectivity index (χ1v) is 9.76. The number of nitrogens with one attached hydrogen (secondary N) is 3. The lowest BCUT2D eigenvalue weighted by Crippen LogP contribution is -2.21. The summed E-state index contributed by atoms with van der Waals surface area (Å²) in [5, 5.41) is 14.2. The summed E-state index contributed by atoms with van der Waals surface area (Å²) in [5.41, 5.74) is 7.56. The molecule has 3 aromatic rings. The Kier molecular flexibility index (Phi) is 5.48. The van der Waals surface area contributed by atoms with Crippen molar-refractivity contribution in [3.63, 3.8) is 0 Å². The molecule has 2 aromatic carbocycles. The van der Waals surface area contributed by atoms with E-state index in [1.54, 1.807) is 11.6 Å². The zero-order valence-corrected chi connectivity index (χ0v) is 16.1. The van der Waals surface area contributed by atoms with Gasteiger partial charge in [0.25, 0.3) is 5.91 Å². The molecule has 4 rings (SSSR count). The highest BCUT2D eigenvalue weighted by molar-refractivity contribution is 6.31. The number of aromatic nitrogens is 1. The lowest BCUT2D eigenvalue weighted by molar-refractivity contribution is -0.124. The Morgan fingerprint density at radius 3 is 3.04 bits per heavy atom. The Labute approximate surface area is 168 Å². The zero-order chi connectivity index (χ0) is 19.5. The van der Waals surface area contributed by atoms with Crippen molar-refractivity contribution in [1.29, 1.82) is 0 Å². The van der Waals surface area contributed by atoms with E-state index in [2.05, 4.69) is 34.7 Å². The Morgan fingerprint density at radius 2 is 2.18 bits per heavy atom. The monoisotopic (exact) mass is 395 g/mol. The third-order valence-electron chi connectivity index (χ3n) is 5.30. The molecule has 0 saturated carbocycles. The van der Waals surface area contributed by atoms with Gasteiger partial charge in [-0.05, 0) is 66.3 Å². The fraction of sp³-hybridized carbons (Fsp3) is 0.227.